The lowest BCUT2D eigenvalue weighted by molar-refractivity contribution is -0.121. The van der Waals surface area contributed by atoms with E-state index >= 15 is 0 Å². The summed E-state index contributed by atoms with van der Waals surface area (Å²) in [5.74, 6) is 0.303. The van der Waals surface area contributed by atoms with E-state index in [2.05, 4.69) is 20.8 Å². The molecule has 0 unspecified atom stereocenters. The van der Waals surface area contributed by atoms with Crippen molar-refractivity contribution in [2.45, 2.75) is 19.3 Å². The standard InChI is InChI=1S/C23H30N6O6/c30-20-5-2-9-29(23(32)18-16-19(27-35-18)28-11-14-33-15-12-28)10-3-7-26-22(31)21-17(4-1-6-25-21)34-13-8-24-20/h1,4,6,16H,2-3,5,7-15H2,(H,24,30)(H,26,31). The van der Waals surface area contributed by atoms with Gasteiger partial charge in [0.1, 0.15) is 6.61 Å². The zero-order chi connectivity index (χ0) is 24.5. The van der Waals surface area contributed by atoms with Gasteiger partial charge in [-0.1, -0.05) is 5.16 Å². The highest BCUT2D eigenvalue weighted by Gasteiger charge is 2.23. The van der Waals surface area contributed by atoms with Gasteiger partial charge < -0.3 is 34.4 Å². The van der Waals surface area contributed by atoms with Gasteiger partial charge in [0.15, 0.2) is 17.3 Å². The lowest BCUT2D eigenvalue weighted by atomic mass is 10.2. The quantitative estimate of drug-likeness (QED) is 0.620. The van der Waals surface area contributed by atoms with Crippen LogP contribution in [0.3, 0.4) is 0 Å². The van der Waals surface area contributed by atoms with Gasteiger partial charge in [-0.25, -0.2) is 4.98 Å². The van der Waals surface area contributed by atoms with Crippen LogP contribution in [-0.2, 0) is 9.53 Å². The molecule has 1 fully saturated rings. The highest BCUT2D eigenvalue weighted by Crippen LogP contribution is 2.18. The molecule has 3 amide bonds. The van der Waals surface area contributed by atoms with E-state index in [9.17, 15) is 14.4 Å². The van der Waals surface area contributed by atoms with Crippen LogP contribution in [0.5, 0.6) is 5.75 Å². The van der Waals surface area contributed by atoms with Crippen LogP contribution in [0.4, 0.5) is 5.82 Å². The first kappa shape index (κ1) is 24.5. The van der Waals surface area contributed by atoms with Gasteiger partial charge in [-0.3, -0.25) is 14.4 Å². The minimum absolute atomic E-state index is 0.133. The maximum atomic E-state index is 13.2. The number of pyridine rings is 1. The average Bonchev–Trinajstić information content (AvgIpc) is 3.38. The molecule has 12 nitrogen and oxygen atoms in total. The van der Waals surface area contributed by atoms with Crippen molar-refractivity contribution >= 4 is 23.5 Å². The summed E-state index contributed by atoms with van der Waals surface area (Å²) < 4.78 is 16.3. The molecule has 0 bridgehead atoms. The molecule has 1 saturated heterocycles. The first-order chi connectivity index (χ1) is 17.1. The van der Waals surface area contributed by atoms with Crippen molar-refractivity contribution in [1.82, 2.24) is 25.7 Å². The van der Waals surface area contributed by atoms with Crippen LogP contribution in [0.15, 0.2) is 28.9 Å². The van der Waals surface area contributed by atoms with Gasteiger partial charge in [0.05, 0.1) is 19.8 Å². The van der Waals surface area contributed by atoms with Gasteiger partial charge in [-0.2, -0.15) is 0 Å². The van der Waals surface area contributed by atoms with E-state index in [1.807, 2.05) is 4.90 Å². The summed E-state index contributed by atoms with van der Waals surface area (Å²) in [6, 6.07) is 4.99. The highest BCUT2D eigenvalue weighted by molar-refractivity contribution is 5.95. The lowest BCUT2D eigenvalue weighted by Crippen LogP contribution is -2.37. The minimum Gasteiger partial charge on any atom is -0.489 e. The molecule has 0 radical (unpaired) electrons. The van der Waals surface area contributed by atoms with E-state index in [4.69, 9.17) is 14.0 Å². The Hall–Kier alpha value is -3.67. The topological polar surface area (TPSA) is 139 Å². The summed E-state index contributed by atoms with van der Waals surface area (Å²) in [6.45, 7) is 4.15. The number of ether oxygens (including phenoxy) is 2. The number of carbonyl (C=O) groups is 3. The van der Waals surface area contributed by atoms with E-state index < -0.39 is 0 Å². The van der Waals surface area contributed by atoms with Crippen molar-refractivity contribution in [3.63, 3.8) is 0 Å². The van der Waals surface area contributed by atoms with E-state index in [1.165, 1.54) is 6.20 Å². The number of amides is 3. The fraction of sp³-hybridized carbons (Fsp3) is 0.522. The molecular formula is C23H30N6O6. The van der Waals surface area contributed by atoms with Crippen molar-refractivity contribution in [2.75, 3.05) is 64.0 Å². The third-order valence-corrected chi connectivity index (χ3v) is 5.72. The van der Waals surface area contributed by atoms with Crippen molar-refractivity contribution in [1.29, 1.82) is 0 Å². The Kier molecular flexibility index (Phi) is 8.49. The number of nitrogens with one attached hydrogen (secondary N) is 2. The predicted molar refractivity (Wildman–Crippen MR) is 124 cm³/mol. The summed E-state index contributed by atoms with van der Waals surface area (Å²) in [7, 11) is 0. The Labute approximate surface area is 202 Å². The fourth-order valence-electron chi connectivity index (χ4n) is 3.88. The van der Waals surface area contributed by atoms with Crippen LogP contribution in [0.2, 0.25) is 0 Å². The Morgan fingerprint density at radius 3 is 2.69 bits per heavy atom. The molecule has 2 aliphatic rings. The second kappa shape index (κ2) is 12.2. The van der Waals surface area contributed by atoms with Crippen LogP contribution < -0.4 is 20.3 Å². The largest absolute Gasteiger partial charge is 0.489 e. The molecule has 2 aromatic rings. The molecule has 12 heteroatoms. The van der Waals surface area contributed by atoms with Crippen molar-refractivity contribution in [3.8, 4) is 5.75 Å². The third-order valence-electron chi connectivity index (χ3n) is 5.72. The predicted octanol–water partition coefficient (Wildman–Crippen LogP) is 0.457. The fourth-order valence-corrected chi connectivity index (χ4v) is 3.88. The van der Waals surface area contributed by atoms with Gasteiger partial charge in [0.2, 0.25) is 11.7 Å². The Morgan fingerprint density at radius 2 is 1.83 bits per heavy atom. The minimum atomic E-state index is -0.361. The molecule has 188 valence electrons. The second-order valence-corrected chi connectivity index (χ2v) is 8.20. The first-order valence-electron chi connectivity index (χ1n) is 11.8. The smallest absolute Gasteiger partial charge is 0.292 e. The number of rotatable bonds is 2. The number of anilines is 1. The van der Waals surface area contributed by atoms with E-state index in [0.717, 1.165) is 0 Å². The molecule has 4 rings (SSSR count). The van der Waals surface area contributed by atoms with Crippen molar-refractivity contribution in [3.05, 3.63) is 35.9 Å². The summed E-state index contributed by atoms with van der Waals surface area (Å²) in [6.07, 6.45) is 2.79. The van der Waals surface area contributed by atoms with Gasteiger partial charge in [-0.15, -0.1) is 0 Å². The van der Waals surface area contributed by atoms with Crippen LogP contribution in [0.1, 0.15) is 40.3 Å². The molecule has 4 heterocycles. The van der Waals surface area contributed by atoms with Gasteiger partial charge >= 0.3 is 0 Å². The molecule has 0 aliphatic carbocycles. The summed E-state index contributed by atoms with van der Waals surface area (Å²) in [5.41, 5.74) is 0.177. The number of aromatic nitrogens is 2. The van der Waals surface area contributed by atoms with Crippen molar-refractivity contribution in [2.24, 2.45) is 0 Å². The maximum Gasteiger partial charge on any atom is 0.292 e. The van der Waals surface area contributed by atoms with Crippen LogP contribution in [-0.4, -0.2) is 91.9 Å². The van der Waals surface area contributed by atoms with Gasteiger partial charge in [0, 0.05) is 51.4 Å². The number of morpholine rings is 1. The normalized spacial score (nSPS) is 18.7. The van der Waals surface area contributed by atoms with Crippen molar-refractivity contribution < 1.29 is 28.4 Å². The zero-order valence-electron chi connectivity index (χ0n) is 19.5. The summed E-state index contributed by atoms with van der Waals surface area (Å²) in [5, 5.41) is 9.67. The lowest BCUT2D eigenvalue weighted by Gasteiger charge is -2.25. The van der Waals surface area contributed by atoms with Crippen LogP contribution >= 0.6 is 0 Å². The highest BCUT2D eigenvalue weighted by atomic mass is 16.5. The molecule has 2 aliphatic heterocycles. The maximum absolute atomic E-state index is 13.2. The first-order valence-corrected chi connectivity index (χ1v) is 11.8. The molecular weight excluding hydrogens is 456 g/mol. The van der Waals surface area contributed by atoms with Crippen LogP contribution in [0.25, 0.3) is 0 Å². The monoisotopic (exact) mass is 486 g/mol. The zero-order valence-corrected chi connectivity index (χ0v) is 19.5. The third kappa shape index (κ3) is 6.69. The molecule has 35 heavy (non-hydrogen) atoms. The SMILES string of the molecule is O=C1CCCN(C(=O)c2cc(N3CCOCC3)no2)CCCNC(=O)c2ncccc2OCCN1. The number of carbonyl (C=O) groups excluding carboxylic acids is 3. The number of hydrogen-bond acceptors (Lipinski definition) is 9. The molecule has 2 aromatic heterocycles. The molecule has 0 aromatic carbocycles. The van der Waals surface area contributed by atoms with E-state index in [-0.39, 0.29) is 42.2 Å². The van der Waals surface area contributed by atoms with Gasteiger partial charge in [-0.05, 0) is 25.0 Å². The Balaban J connectivity index is 1.42. The van der Waals surface area contributed by atoms with E-state index in [0.29, 0.717) is 76.9 Å². The average molecular weight is 487 g/mol. The molecule has 0 saturated carbocycles. The second-order valence-electron chi connectivity index (χ2n) is 8.20. The molecule has 0 atom stereocenters. The van der Waals surface area contributed by atoms with Crippen LogP contribution in [0, 0.1) is 0 Å². The number of hydrogen-bond donors (Lipinski definition) is 2. The molecule has 2 N–H and O–H groups in total. The van der Waals surface area contributed by atoms with Gasteiger partial charge in [0.25, 0.3) is 11.8 Å². The number of fused-ring (bicyclic) bond motifs is 1. The molecule has 0 spiro atoms. The summed E-state index contributed by atoms with van der Waals surface area (Å²) in [4.78, 5) is 45.7. The Bertz CT molecular complexity index is 1020. The Morgan fingerprint density at radius 1 is 1.00 bits per heavy atom. The number of nitrogens with zero attached hydrogens (tertiary/aromatic N) is 4. The summed E-state index contributed by atoms with van der Waals surface area (Å²) >= 11 is 0. The van der Waals surface area contributed by atoms with E-state index in [1.54, 1.807) is 23.1 Å².